The van der Waals surface area contributed by atoms with Crippen LogP contribution in [0.3, 0.4) is 0 Å². The van der Waals surface area contributed by atoms with Gasteiger partial charge >= 0.3 is 6.09 Å². The molecule has 0 aliphatic carbocycles. The maximum absolute atomic E-state index is 12.8. The molecule has 0 saturated heterocycles. The number of ether oxygens (including phenoxy) is 1. The van der Waals surface area contributed by atoms with Gasteiger partial charge in [0.25, 0.3) is 0 Å². The molecule has 0 aliphatic rings. The topological polar surface area (TPSA) is 55.4 Å². The molecule has 2 atom stereocenters. The number of Topliss-reactive ketones (excluding diaryl/α,β-unsaturated/α-hetero) is 1. The van der Waals surface area contributed by atoms with Crippen molar-refractivity contribution in [2.24, 2.45) is 5.92 Å². The van der Waals surface area contributed by atoms with Crippen molar-refractivity contribution >= 4 is 11.9 Å². The van der Waals surface area contributed by atoms with E-state index in [1.807, 2.05) is 76.2 Å². The van der Waals surface area contributed by atoms with Gasteiger partial charge in [0, 0.05) is 11.5 Å². The van der Waals surface area contributed by atoms with Crippen LogP contribution < -0.4 is 5.32 Å². The Kier molecular flexibility index (Phi) is 5.97. The molecule has 4 nitrogen and oxygen atoms in total. The normalized spacial score (nSPS) is 13.6. The molecule has 25 heavy (non-hydrogen) atoms. The third-order valence-electron chi connectivity index (χ3n) is 3.80. The zero-order chi connectivity index (χ0) is 18.4. The van der Waals surface area contributed by atoms with Crippen LogP contribution in [0.25, 0.3) is 0 Å². The second kappa shape index (κ2) is 7.97. The van der Waals surface area contributed by atoms with E-state index < -0.39 is 23.7 Å². The molecule has 0 bridgehead atoms. The lowest BCUT2D eigenvalue weighted by Crippen LogP contribution is -2.39. The van der Waals surface area contributed by atoms with Gasteiger partial charge in [0.1, 0.15) is 5.60 Å². The quantitative estimate of drug-likeness (QED) is 0.798. The average Bonchev–Trinajstić information content (AvgIpc) is 2.58. The van der Waals surface area contributed by atoms with Crippen molar-refractivity contribution in [1.29, 1.82) is 0 Å². The summed E-state index contributed by atoms with van der Waals surface area (Å²) in [6.07, 6.45) is -0.533. The first-order valence-electron chi connectivity index (χ1n) is 8.41. The Balaban J connectivity index is 2.25. The highest BCUT2D eigenvalue weighted by Gasteiger charge is 2.29. The van der Waals surface area contributed by atoms with Crippen LogP contribution in [0.1, 0.15) is 49.7 Å². The summed E-state index contributed by atoms with van der Waals surface area (Å²) in [5.41, 5.74) is 0.893. The third-order valence-corrected chi connectivity index (χ3v) is 3.80. The molecule has 0 fully saturated rings. The predicted octanol–water partition coefficient (Wildman–Crippen LogP) is 4.77. The van der Waals surface area contributed by atoms with Crippen molar-refractivity contribution in [2.45, 2.75) is 39.3 Å². The minimum atomic E-state index is -0.599. The van der Waals surface area contributed by atoms with Gasteiger partial charge in [-0.3, -0.25) is 4.79 Å². The smallest absolute Gasteiger partial charge is 0.408 e. The number of carbonyl (C=O) groups is 2. The molecular formula is C21H25NO3. The van der Waals surface area contributed by atoms with Crippen molar-refractivity contribution in [1.82, 2.24) is 5.32 Å². The number of benzene rings is 2. The van der Waals surface area contributed by atoms with Gasteiger partial charge in [-0.05, 0) is 26.3 Å². The van der Waals surface area contributed by atoms with E-state index in [0.29, 0.717) is 5.56 Å². The van der Waals surface area contributed by atoms with E-state index in [-0.39, 0.29) is 5.78 Å². The van der Waals surface area contributed by atoms with E-state index in [2.05, 4.69) is 5.32 Å². The molecule has 0 aliphatic heterocycles. The van der Waals surface area contributed by atoms with Gasteiger partial charge in [-0.1, -0.05) is 67.6 Å². The molecule has 0 radical (unpaired) electrons. The van der Waals surface area contributed by atoms with Gasteiger partial charge in [-0.25, -0.2) is 4.79 Å². The van der Waals surface area contributed by atoms with E-state index in [1.165, 1.54) is 0 Å². The van der Waals surface area contributed by atoms with Crippen molar-refractivity contribution in [3.63, 3.8) is 0 Å². The Bertz CT molecular complexity index is 705. The summed E-state index contributed by atoms with van der Waals surface area (Å²) in [5, 5.41) is 2.86. The van der Waals surface area contributed by atoms with Gasteiger partial charge in [-0.15, -0.1) is 0 Å². The fourth-order valence-electron chi connectivity index (χ4n) is 2.61. The fraction of sp³-hybridized carbons (Fsp3) is 0.333. The first-order valence-corrected chi connectivity index (χ1v) is 8.41. The Morgan fingerprint density at radius 1 is 0.920 bits per heavy atom. The number of hydrogen-bond acceptors (Lipinski definition) is 3. The molecule has 1 N–H and O–H groups in total. The van der Waals surface area contributed by atoms with Crippen LogP contribution in [-0.4, -0.2) is 17.5 Å². The number of carbonyl (C=O) groups excluding carboxylic acids is 2. The zero-order valence-electron chi connectivity index (χ0n) is 15.2. The van der Waals surface area contributed by atoms with Gasteiger partial charge in [0.2, 0.25) is 0 Å². The van der Waals surface area contributed by atoms with Gasteiger partial charge in [0.05, 0.1) is 6.04 Å². The molecule has 132 valence electrons. The minimum Gasteiger partial charge on any atom is -0.444 e. The van der Waals surface area contributed by atoms with Crippen LogP contribution in [-0.2, 0) is 4.74 Å². The Morgan fingerprint density at radius 2 is 1.44 bits per heavy atom. The van der Waals surface area contributed by atoms with Crippen LogP contribution >= 0.6 is 0 Å². The second-order valence-corrected chi connectivity index (χ2v) is 7.05. The van der Waals surface area contributed by atoms with Crippen molar-refractivity contribution < 1.29 is 14.3 Å². The van der Waals surface area contributed by atoms with E-state index >= 15 is 0 Å². The number of ketones is 1. The summed E-state index contributed by atoms with van der Waals surface area (Å²) in [5.74, 6) is -0.456. The van der Waals surface area contributed by atoms with Crippen molar-refractivity contribution in [3.8, 4) is 0 Å². The maximum atomic E-state index is 12.8. The first-order chi connectivity index (χ1) is 11.8. The third kappa shape index (κ3) is 5.45. The SMILES string of the molecule is C[C@@H](C(=O)c1ccccc1)[C@H](NC(=O)OC(C)(C)C)c1ccccc1. The summed E-state index contributed by atoms with van der Waals surface area (Å²) in [4.78, 5) is 25.1. The van der Waals surface area contributed by atoms with Gasteiger partial charge in [-0.2, -0.15) is 0 Å². The lowest BCUT2D eigenvalue weighted by atomic mass is 9.88. The highest BCUT2D eigenvalue weighted by molar-refractivity contribution is 5.98. The van der Waals surface area contributed by atoms with E-state index in [1.54, 1.807) is 12.1 Å². The standard InChI is InChI=1S/C21H25NO3/c1-15(19(23)17-13-9-6-10-14-17)18(16-11-7-5-8-12-16)22-20(24)25-21(2,3)4/h5-15,18H,1-4H3,(H,22,24)/t15-,18+/m1/s1. The minimum absolute atomic E-state index is 0.0227. The van der Waals surface area contributed by atoms with E-state index in [4.69, 9.17) is 4.74 Å². The average molecular weight is 339 g/mol. The Labute approximate surface area is 149 Å². The summed E-state index contributed by atoms with van der Waals surface area (Å²) in [7, 11) is 0. The molecule has 0 saturated carbocycles. The molecule has 0 heterocycles. The molecule has 1 amide bonds. The number of amides is 1. The fourth-order valence-corrected chi connectivity index (χ4v) is 2.61. The van der Waals surface area contributed by atoms with Crippen LogP contribution in [0.15, 0.2) is 60.7 Å². The lowest BCUT2D eigenvalue weighted by molar-refractivity contribution is 0.0485. The number of nitrogens with one attached hydrogen (secondary N) is 1. The molecule has 4 heteroatoms. The first kappa shape index (κ1) is 18.7. The molecule has 0 spiro atoms. The number of rotatable bonds is 5. The molecule has 0 aromatic heterocycles. The molecule has 0 unspecified atom stereocenters. The summed E-state index contributed by atoms with van der Waals surface area (Å²) >= 11 is 0. The highest BCUT2D eigenvalue weighted by Crippen LogP contribution is 2.26. The molecule has 2 rings (SSSR count). The van der Waals surface area contributed by atoms with Crippen LogP contribution in [0.2, 0.25) is 0 Å². The van der Waals surface area contributed by atoms with E-state index in [9.17, 15) is 9.59 Å². The molecule has 2 aromatic rings. The second-order valence-electron chi connectivity index (χ2n) is 7.05. The summed E-state index contributed by atoms with van der Waals surface area (Å²) in [6, 6.07) is 18.1. The van der Waals surface area contributed by atoms with Crippen LogP contribution in [0, 0.1) is 5.92 Å². The summed E-state index contributed by atoms with van der Waals surface area (Å²) in [6.45, 7) is 7.25. The molecular weight excluding hydrogens is 314 g/mol. The lowest BCUT2D eigenvalue weighted by Gasteiger charge is -2.27. The van der Waals surface area contributed by atoms with Crippen LogP contribution in [0.4, 0.5) is 4.79 Å². The monoisotopic (exact) mass is 339 g/mol. The van der Waals surface area contributed by atoms with Crippen molar-refractivity contribution in [3.05, 3.63) is 71.8 Å². The molecule has 2 aromatic carbocycles. The Morgan fingerprint density at radius 3 is 1.96 bits per heavy atom. The highest BCUT2D eigenvalue weighted by atomic mass is 16.6. The summed E-state index contributed by atoms with van der Waals surface area (Å²) < 4.78 is 5.36. The predicted molar refractivity (Wildman–Crippen MR) is 98.5 cm³/mol. The maximum Gasteiger partial charge on any atom is 0.408 e. The number of hydrogen-bond donors (Lipinski definition) is 1. The number of alkyl carbamates (subject to hydrolysis) is 1. The van der Waals surface area contributed by atoms with Crippen LogP contribution in [0.5, 0.6) is 0 Å². The Hall–Kier alpha value is -2.62. The van der Waals surface area contributed by atoms with Crippen molar-refractivity contribution in [2.75, 3.05) is 0 Å². The zero-order valence-corrected chi connectivity index (χ0v) is 15.2. The van der Waals surface area contributed by atoms with E-state index in [0.717, 1.165) is 5.56 Å². The van der Waals surface area contributed by atoms with Gasteiger partial charge in [0.15, 0.2) is 5.78 Å². The van der Waals surface area contributed by atoms with Gasteiger partial charge < -0.3 is 10.1 Å². The largest absolute Gasteiger partial charge is 0.444 e.